The standard InChI is InChI=1S/C17H14N2S/c18-17(19)15-7-6-13-10-12(3-5-14(13)11-15)4-8-16-2-1-9-20-16/h1-11H,(H3,18,19). The Labute approximate surface area is 121 Å². The van der Waals surface area contributed by atoms with E-state index < -0.39 is 0 Å². The second-order valence-corrected chi connectivity index (χ2v) is 5.56. The van der Waals surface area contributed by atoms with Crippen molar-refractivity contribution in [3.63, 3.8) is 0 Å². The summed E-state index contributed by atoms with van der Waals surface area (Å²) >= 11 is 1.73. The van der Waals surface area contributed by atoms with Crippen LogP contribution in [-0.4, -0.2) is 5.84 Å². The number of hydrogen-bond acceptors (Lipinski definition) is 2. The predicted octanol–water partition coefficient (Wildman–Crippen LogP) is 4.36. The Bertz CT molecular complexity index is 786. The number of nitrogens with one attached hydrogen (secondary N) is 1. The van der Waals surface area contributed by atoms with Gasteiger partial charge in [-0.2, -0.15) is 0 Å². The van der Waals surface area contributed by atoms with Crippen LogP contribution >= 0.6 is 11.3 Å². The van der Waals surface area contributed by atoms with Crippen molar-refractivity contribution in [2.45, 2.75) is 0 Å². The van der Waals surface area contributed by atoms with E-state index in [0.29, 0.717) is 0 Å². The molecular weight excluding hydrogens is 264 g/mol. The lowest BCUT2D eigenvalue weighted by atomic mass is 10.0. The molecule has 1 aromatic heterocycles. The first kappa shape index (κ1) is 12.6. The van der Waals surface area contributed by atoms with Crippen molar-refractivity contribution in [1.82, 2.24) is 0 Å². The molecule has 0 atom stereocenters. The minimum absolute atomic E-state index is 0.105. The Morgan fingerprint density at radius 1 is 1.00 bits per heavy atom. The highest BCUT2D eigenvalue weighted by atomic mass is 32.1. The van der Waals surface area contributed by atoms with Gasteiger partial charge in [0.15, 0.2) is 0 Å². The van der Waals surface area contributed by atoms with Crippen LogP contribution in [0.15, 0.2) is 53.9 Å². The first-order valence-corrected chi connectivity index (χ1v) is 7.20. The Morgan fingerprint density at radius 3 is 2.55 bits per heavy atom. The molecule has 0 aliphatic rings. The summed E-state index contributed by atoms with van der Waals surface area (Å²) in [7, 11) is 0. The quantitative estimate of drug-likeness (QED) is 0.543. The Hall–Kier alpha value is -2.39. The zero-order valence-electron chi connectivity index (χ0n) is 10.8. The fraction of sp³-hybridized carbons (Fsp3) is 0. The molecule has 0 saturated carbocycles. The molecule has 1 heterocycles. The maximum atomic E-state index is 7.47. The van der Waals surface area contributed by atoms with E-state index in [2.05, 4.69) is 41.8 Å². The minimum atomic E-state index is 0.105. The SMILES string of the molecule is N=C(N)c1ccc2cc(C=Cc3cccs3)ccc2c1. The molecule has 2 nitrogen and oxygen atoms in total. The van der Waals surface area contributed by atoms with Gasteiger partial charge in [-0.3, -0.25) is 5.41 Å². The van der Waals surface area contributed by atoms with E-state index in [4.69, 9.17) is 11.1 Å². The summed E-state index contributed by atoms with van der Waals surface area (Å²) in [6, 6.07) is 16.3. The van der Waals surface area contributed by atoms with Crippen LogP contribution in [0, 0.1) is 5.41 Å². The summed E-state index contributed by atoms with van der Waals surface area (Å²) in [5.41, 5.74) is 7.44. The molecule has 3 rings (SSSR count). The van der Waals surface area contributed by atoms with E-state index in [-0.39, 0.29) is 5.84 Å². The molecule has 3 heteroatoms. The number of amidine groups is 1. The zero-order chi connectivity index (χ0) is 13.9. The fourth-order valence-electron chi connectivity index (χ4n) is 2.10. The average molecular weight is 278 g/mol. The summed E-state index contributed by atoms with van der Waals surface area (Å²) in [4.78, 5) is 1.25. The molecule has 3 aromatic rings. The lowest BCUT2D eigenvalue weighted by molar-refractivity contribution is 1.43. The van der Waals surface area contributed by atoms with Crippen LogP contribution in [0.25, 0.3) is 22.9 Å². The van der Waals surface area contributed by atoms with E-state index in [0.717, 1.165) is 16.3 Å². The monoisotopic (exact) mass is 278 g/mol. The van der Waals surface area contributed by atoms with E-state index in [1.807, 2.05) is 24.3 Å². The molecule has 0 amide bonds. The van der Waals surface area contributed by atoms with Gasteiger partial charge in [0.05, 0.1) is 0 Å². The van der Waals surface area contributed by atoms with Crippen molar-refractivity contribution in [2.24, 2.45) is 5.73 Å². The van der Waals surface area contributed by atoms with Gasteiger partial charge in [0.1, 0.15) is 5.84 Å². The number of thiophene rings is 1. The lowest BCUT2D eigenvalue weighted by Crippen LogP contribution is -2.10. The molecule has 0 bridgehead atoms. The van der Waals surface area contributed by atoms with Crippen LogP contribution in [0.1, 0.15) is 16.0 Å². The number of fused-ring (bicyclic) bond motifs is 1. The topological polar surface area (TPSA) is 49.9 Å². The molecule has 0 radical (unpaired) electrons. The van der Waals surface area contributed by atoms with E-state index in [9.17, 15) is 0 Å². The van der Waals surface area contributed by atoms with Gasteiger partial charge in [-0.25, -0.2) is 0 Å². The number of nitrogen functional groups attached to an aromatic ring is 1. The Kier molecular flexibility index (Phi) is 3.35. The van der Waals surface area contributed by atoms with Gasteiger partial charge in [0.25, 0.3) is 0 Å². The average Bonchev–Trinajstić information content (AvgIpc) is 2.97. The highest BCUT2D eigenvalue weighted by molar-refractivity contribution is 7.10. The van der Waals surface area contributed by atoms with E-state index >= 15 is 0 Å². The molecule has 20 heavy (non-hydrogen) atoms. The maximum Gasteiger partial charge on any atom is 0.122 e. The van der Waals surface area contributed by atoms with Crippen LogP contribution in [0.2, 0.25) is 0 Å². The smallest absolute Gasteiger partial charge is 0.122 e. The van der Waals surface area contributed by atoms with Crippen molar-refractivity contribution in [3.05, 3.63) is 69.9 Å². The number of nitrogens with two attached hydrogens (primary N) is 1. The molecule has 0 saturated heterocycles. The second-order valence-electron chi connectivity index (χ2n) is 4.58. The zero-order valence-corrected chi connectivity index (χ0v) is 11.7. The highest BCUT2D eigenvalue weighted by Gasteiger charge is 1.99. The summed E-state index contributed by atoms with van der Waals surface area (Å²) in [6.45, 7) is 0. The first-order valence-electron chi connectivity index (χ1n) is 6.32. The summed E-state index contributed by atoms with van der Waals surface area (Å²) in [5.74, 6) is 0.105. The normalized spacial score (nSPS) is 11.2. The van der Waals surface area contributed by atoms with Crippen LogP contribution in [0.4, 0.5) is 0 Å². The van der Waals surface area contributed by atoms with Gasteiger partial charge in [0, 0.05) is 10.4 Å². The molecular formula is C17H14N2S. The summed E-state index contributed by atoms with van der Waals surface area (Å²) in [6.07, 6.45) is 4.24. The largest absolute Gasteiger partial charge is 0.384 e. The van der Waals surface area contributed by atoms with Gasteiger partial charge in [-0.1, -0.05) is 36.4 Å². The first-order chi connectivity index (χ1) is 9.72. The third-order valence-corrected chi connectivity index (χ3v) is 4.00. The van der Waals surface area contributed by atoms with Crippen LogP contribution in [-0.2, 0) is 0 Å². The lowest BCUT2D eigenvalue weighted by Gasteiger charge is -2.03. The predicted molar refractivity (Wildman–Crippen MR) is 88.2 cm³/mol. The van der Waals surface area contributed by atoms with Gasteiger partial charge >= 0.3 is 0 Å². The molecule has 0 fully saturated rings. The third kappa shape index (κ3) is 2.63. The third-order valence-electron chi connectivity index (χ3n) is 3.16. The molecule has 0 spiro atoms. The molecule has 98 valence electrons. The molecule has 2 aromatic carbocycles. The summed E-state index contributed by atoms with van der Waals surface area (Å²) < 4.78 is 0. The van der Waals surface area contributed by atoms with E-state index in [1.165, 1.54) is 10.4 Å². The number of rotatable bonds is 3. The van der Waals surface area contributed by atoms with Crippen molar-refractivity contribution in [3.8, 4) is 0 Å². The highest BCUT2D eigenvalue weighted by Crippen LogP contribution is 2.20. The number of benzene rings is 2. The van der Waals surface area contributed by atoms with Gasteiger partial charge in [0.2, 0.25) is 0 Å². The van der Waals surface area contributed by atoms with Crippen LogP contribution in [0.5, 0.6) is 0 Å². The van der Waals surface area contributed by atoms with Crippen molar-refractivity contribution in [1.29, 1.82) is 5.41 Å². The molecule has 0 aliphatic carbocycles. The maximum absolute atomic E-state index is 7.47. The van der Waals surface area contributed by atoms with E-state index in [1.54, 1.807) is 11.3 Å². The molecule has 3 N–H and O–H groups in total. The van der Waals surface area contributed by atoms with Crippen molar-refractivity contribution in [2.75, 3.05) is 0 Å². The Morgan fingerprint density at radius 2 is 1.80 bits per heavy atom. The van der Waals surface area contributed by atoms with Gasteiger partial charge in [-0.15, -0.1) is 11.3 Å². The fourth-order valence-corrected chi connectivity index (χ4v) is 2.72. The van der Waals surface area contributed by atoms with Crippen LogP contribution < -0.4 is 5.73 Å². The van der Waals surface area contributed by atoms with Gasteiger partial charge in [-0.05, 0) is 46.0 Å². The Balaban J connectivity index is 1.95. The number of hydrogen-bond donors (Lipinski definition) is 2. The van der Waals surface area contributed by atoms with Crippen molar-refractivity contribution < 1.29 is 0 Å². The van der Waals surface area contributed by atoms with Crippen LogP contribution in [0.3, 0.4) is 0 Å². The molecule has 0 aliphatic heterocycles. The van der Waals surface area contributed by atoms with Crippen molar-refractivity contribution >= 4 is 40.1 Å². The second kappa shape index (κ2) is 5.31. The summed E-state index contributed by atoms with van der Waals surface area (Å²) in [5, 5.41) is 11.8. The van der Waals surface area contributed by atoms with Gasteiger partial charge < -0.3 is 5.73 Å². The minimum Gasteiger partial charge on any atom is -0.384 e. The molecule has 0 unspecified atom stereocenters.